The van der Waals surface area contributed by atoms with Gasteiger partial charge in [0, 0.05) is 24.5 Å². The summed E-state index contributed by atoms with van der Waals surface area (Å²) in [5.74, 6) is 2.27. The molecule has 3 aliphatic rings. The van der Waals surface area contributed by atoms with Gasteiger partial charge in [-0.25, -0.2) is 0 Å². The molecule has 2 aliphatic carbocycles. The van der Waals surface area contributed by atoms with Crippen molar-refractivity contribution in [3.8, 4) is 0 Å². The Morgan fingerprint density at radius 3 is 2.43 bits per heavy atom. The van der Waals surface area contributed by atoms with E-state index in [1.54, 1.807) is 0 Å². The lowest BCUT2D eigenvalue weighted by Gasteiger charge is -2.45. The third kappa shape index (κ3) is 1.11. The third-order valence-corrected chi connectivity index (χ3v) is 4.11. The zero-order valence-corrected chi connectivity index (χ0v) is 8.70. The van der Waals surface area contributed by atoms with E-state index in [1.807, 2.05) is 11.8 Å². The molecular formula is C11H18N2O. The van der Waals surface area contributed by atoms with Crippen LogP contribution in [0.25, 0.3) is 0 Å². The average molecular weight is 194 g/mol. The van der Waals surface area contributed by atoms with Crippen LogP contribution in [0.2, 0.25) is 0 Å². The van der Waals surface area contributed by atoms with Gasteiger partial charge >= 0.3 is 0 Å². The number of fused-ring (bicyclic) bond motifs is 1. The van der Waals surface area contributed by atoms with E-state index in [0.717, 1.165) is 24.9 Å². The normalized spacial score (nSPS) is 43.0. The molecule has 3 rings (SSSR count). The van der Waals surface area contributed by atoms with Crippen LogP contribution >= 0.6 is 0 Å². The summed E-state index contributed by atoms with van der Waals surface area (Å²) < 4.78 is 0. The van der Waals surface area contributed by atoms with Gasteiger partial charge in [-0.3, -0.25) is 4.79 Å². The largest absolute Gasteiger partial charge is 0.339 e. The molecule has 0 radical (unpaired) electrons. The van der Waals surface area contributed by atoms with Crippen molar-refractivity contribution in [2.24, 2.45) is 23.5 Å². The van der Waals surface area contributed by atoms with Gasteiger partial charge in [0.05, 0.1) is 0 Å². The molecule has 0 aromatic carbocycles. The highest BCUT2D eigenvalue weighted by Crippen LogP contribution is 2.58. The summed E-state index contributed by atoms with van der Waals surface area (Å²) in [6.07, 6.45) is 3.91. The van der Waals surface area contributed by atoms with Gasteiger partial charge in [-0.1, -0.05) is 6.42 Å². The molecule has 2 atom stereocenters. The zero-order valence-electron chi connectivity index (χ0n) is 8.70. The topological polar surface area (TPSA) is 46.3 Å². The van der Waals surface area contributed by atoms with Crippen molar-refractivity contribution in [1.29, 1.82) is 0 Å². The van der Waals surface area contributed by atoms with E-state index in [-0.39, 0.29) is 5.54 Å². The van der Waals surface area contributed by atoms with Crippen molar-refractivity contribution >= 4 is 5.91 Å². The number of nitrogens with two attached hydrogens (primary N) is 1. The third-order valence-electron chi connectivity index (χ3n) is 4.11. The second kappa shape index (κ2) is 2.51. The van der Waals surface area contributed by atoms with Crippen molar-refractivity contribution in [3.63, 3.8) is 0 Å². The molecule has 2 saturated carbocycles. The maximum Gasteiger partial charge on any atom is 0.226 e. The van der Waals surface area contributed by atoms with Crippen molar-refractivity contribution in [2.75, 3.05) is 13.1 Å². The first kappa shape index (κ1) is 8.72. The summed E-state index contributed by atoms with van der Waals surface area (Å²) >= 11 is 0. The van der Waals surface area contributed by atoms with E-state index >= 15 is 0 Å². The first-order chi connectivity index (χ1) is 6.58. The van der Waals surface area contributed by atoms with Crippen LogP contribution in [-0.2, 0) is 4.79 Å². The van der Waals surface area contributed by atoms with Gasteiger partial charge in [0.15, 0.2) is 0 Å². The smallest absolute Gasteiger partial charge is 0.226 e. The highest BCUT2D eigenvalue weighted by atomic mass is 16.2. The Balaban J connectivity index is 1.58. The molecule has 0 spiro atoms. The predicted octanol–water partition coefficient (Wildman–Crippen LogP) is 0.592. The van der Waals surface area contributed by atoms with Crippen LogP contribution in [0.15, 0.2) is 0 Å². The van der Waals surface area contributed by atoms with Crippen molar-refractivity contribution in [3.05, 3.63) is 0 Å². The molecule has 14 heavy (non-hydrogen) atoms. The highest BCUT2D eigenvalue weighted by molar-refractivity contribution is 5.83. The van der Waals surface area contributed by atoms with E-state index in [0.29, 0.717) is 11.8 Å². The number of hydrogen-bond donors (Lipinski definition) is 1. The Bertz CT molecular complexity index is 269. The molecule has 2 unspecified atom stereocenters. The SMILES string of the molecule is CC1(N)CN(C(=O)C2C3CCCC32)C1. The molecular weight excluding hydrogens is 176 g/mol. The van der Waals surface area contributed by atoms with Crippen LogP contribution in [0.5, 0.6) is 0 Å². The van der Waals surface area contributed by atoms with Gasteiger partial charge in [0.25, 0.3) is 0 Å². The van der Waals surface area contributed by atoms with Gasteiger partial charge in [0.1, 0.15) is 0 Å². The summed E-state index contributed by atoms with van der Waals surface area (Å²) in [6, 6.07) is 0. The summed E-state index contributed by atoms with van der Waals surface area (Å²) in [6.45, 7) is 3.55. The molecule has 1 heterocycles. The number of hydrogen-bond acceptors (Lipinski definition) is 2. The van der Waals surface area contributed by atoms with Crippen LogP contribution < -0.4 is 5.73 Å². The van der Waals surface area contributed by atoms with Crippen LogP contribution in [0.4, 0.5) is 0 Å². The molecule has 0 bridgehead atoms. The molecule has 1 amide bonds. The highest BCUT2D eigenvalue weighted by Gasteiger charge is 2.58. The Hall–Kier alpha value is -0.570. The van der Waals surface area contributed by atoms with Gasteiger partial charge in [-0.2, -0.15) is 0 Å². The van der Waals surface area contributed by atoms with E-state index in [4.69, 9.17) is 5.73 Å². The molecule has 78 valence electrons. The minimum absolute atomic E-state index is 0.111. The monoisotopic (exact) mass is 194 g/mol. The lowest BCUT2D eigenvalue weighted by Crippen LogP contribution is -2.67. The number of nitrogens with zero attached hydrogens (tertiary/aromatic N) is 1. The van der Waals surface area contributed by atoms with Crippen LogP contribution in [0.3, 0.4) is 0 Å². The number of amides is 1. The Morgan fingerprint density at radius 2 is 1.93 bits per heavy atom. The fourth-order valence-electron chi connectivity index (χ4n) is 3.38. The van der Waals surface area contributed by atoms with Gasteiger partial charge < -0.3 is 10.6 Å². The van der Waals surface area contributed by atoms with E-state index in [1.165, 1.54) is 19.3 Å². The Labute approximate surface area is 84.6 Å². The second-order valence-corrected chi connectivity index (χ2v) is 5.63. The molecule has 1 aliphatic heterocycles. The quantitative estimate of drug-likeness (QED) is 0.664. The van der Waals surface area contributed by atoms with Crippen LogP contribution in [-0.4, -0.2) is 29.4 Å². The number of carbonyl (C=O) groups is 1. The van der Waals surface area contributed by atoms with Crippen molar-refractivity contribution < 1.29 is 4.79 Å². The van der Waals surface area contributed by atoms with Crippen LogP contribution in [0.1, 0.15) is 26.2 Å². The fraction of sp³-hybridized carbons (Fsp3) is 0.909. The predicted molar refractivity (Wildman–Crippen MR) is 53.5 cm³/mol. The number of likely N-dealkylation sites (tertiary alicyclic amines) is 1. The first-order valence-electron chi connectivity index (χ1n) is 5.66. The zero-order chi connectivity index (χ0) is 9.92. The van der Waals surface area contributed by atoms with Crippen molar-refractivity contribution in [2.45, 2.75) is 31.7 Å². The number of carbonyl (C=O) groups excluding carboxylic acids is 1. The standard InChI is InChI=1S/C11H18N2O/c1-11(12)5-13(6-11)10(14)9-7-3-2-4-8(7)9/h7-9H,2-6,12H2,1H3. The van der Waals surface area contributed by atoms with E-state index in [9.17, 15) is 4.79 Å². The first-order valence-corrected chi connectivity index (χ1v) is 5.66. The van der Waals surface area contributed by atoms with E-state index < -0.39 is 0 Å². The van der Waals surface area contributed by atoms with Gasteiger partial charge in [-0.15, -0.1) is 0 Å². The Kier molecular flexibility index (Phi) is 1.56. The number of rotatable bonds is 1. The molecule has 3 fully saturated rings. The molecule has 3 heteroatoms. The lowest BCUT2D eigenvalue weighted by atomic mass is 9.92. The maximum absolute atomic E-state index is 12.0. The fourth-order valence-corrected chi connectivity index (χ4v) is 3.38. The minimum Gasteiger partial charge on any atom is -0.339 e. The summed E-state index contributed by atoms with van der Waals surface area (Å²) in [4.78, 5) is 13.9. The molecule has 0 aromatic rings. The van der Waals surface area contributed by atoms with E-state index in [2.05, 4.69) is 0 Å². The lowest BCUT2D eigenvalue weighted by molar-refractivity contribution is -0.140. The average Bonchev–Trinajstić information content (AvgIpc) is 2.54. The second-order valence-electron chi connectivity index (χ2n) is 5.63. The van der Waals surface area contributed by atoms with Crippen molar-refractivity contribution in [1.82, 2.24) is 4.90 Å². The van der Waals surface area contributed by atoms with Gasteiger partial charge in [0.2, 0.25) is 5.91 Å². The summed E-state index contributed by atoms with van der Waals surface area (Å²) in [5, 5.41) is 0. The summed E-state index contributed by atoms with van der Waals surface area (Å²) in [5.41, 5.74) is 5.78. The molecule has 1 saturated heterocycles. The van der Waals surface area contributed by atoms with Gasteiger partial charge in [-0.05, 0) is 31.6 Å². The molecule has 0 aromatic heterocycles. The maximum atomic E-state index is 12.0. The minimum atomic E-state index is -0.111. The summed E-state index contributed by atoms with van der Waals surface area (Å²) in [7, 11) is 0. The molecule has 3 nitrogen and oxygen atoms in total. The molecule has 2 N–H and O–H groups in total. The van der Waals surface area contributed by atoms with Crippen LogP contribution in [0, 0.1) is 17.8 Å². The Morgan fingerprint density at radius 1 is 1.36 bits per heavy atom.